The van der Waals surface area contributed by atoms with Crippen LogP contribution in [0.5, 0.6) is 0 Å². The second-order valence-corrected chi connectivity index (χ2v) is 11.8. The summed E-state index contributed by atoms with van der Waals surface area (Å²) in [5.41, 5.74) is 6.95. The second-order valence-electron chi connectivity index (χ2n) is 10.1. The number of piperidine rings is 1. The molecule has 3 atom stereocenters. The van der Waals surface area contributed by atoms with Crippen LogP contribution >= 0.6 is 0 Å². The summed E-state index contributed by atoms with van der Waals surface area (Å²) in [7, 11) is -3.85. The van der Waals surface area contributed by atoms with Crippen molar-refractivity contribution >= 4 is 22.3 Å². The molecule has 8 nitrogen and oxygen atoms in total. The molecule has 1 aromatic rings. The maximum absolute atomic E-state index is 13.2. The monoisotopic (exact) mass is 475 g/mol. The fourth-order valence-corrected chi connectivity index (χ4v) is 7.02. The predicted octanol–water partition coefficient (Wildman–Crippen LogP) is 2.51. The van der Waals surface area contributed by atoms with Gasteiger partial charge >= 0.3 is 0 Å². The zero-order valence-electron chi connectivity index (χ0n) is 19.2. The molecular formula is C24H37N5O3S. The number of nitrogens with one attached hydrogen (secondary N) is 1. The van der Waals surface area contributed by atoms with Crippen LogP contribution in [-0.2, 0) is 14.8 Å². The highest BCUT2D eigenvalue weighted by atomic mass is 32.2. The largest absolute Gasteiger partial charge is 0.368 e. The quantitative estimate of drug-likeness (QED) is 0.207. The third kappa shape index (κ3) is 6.06. The van der Waals surface area contributed by atoms with Gasteiger partial charge in [0.05, 0.1) is 4.90 Å². The zero-order valence-corrected chi connectivity index (χ0v) is 20.1. The second kappa shape index (κ2) is 10.4. The number of carbonyl (C=O) groups excluding carboxylic acids is 1. The van der Waals surface area contributed by atoms with Crippen LogP contribution in [0.3, 0.4) is 0 Å². The van der Waals surface area contributed by atoms with Crippen LogP contribution in [0.15, 0.2) is 34.3 Å². The molecule has 9 heteroatoms. The number of likely N-dealkylation sites (tertiary alicyclic amines) is 1. The minimum atomic E-state index is -3.85. The molecule has 0 aromatic heterocycles. The van der Waals surface area contributed by atoms with Crippen molar-refractivity contribution in [1.29, 1.82) is 0 Å². The van der Waals surface area contributed by atoms with Crippen molar-refractivity contribution < 1.29 is 13.2 Å². The Morgan fingerprint density at radius 3 is 2.42 bits per heavy atom. The normalized spacial score (nSPS) is 24.2. The van der Waals surface area contributed by atoms with Gasteiger partial charge in [-0.05, 0) is 86.3 Å². The number of rotatable bonds is 10. The van der Waals surface area contributed by atoms with Crippen LogP contribution in [0.1, 0.15) is 69.3 Å². The van der Waals surface area contributed by atoms with Gasteiger partial charge in [-0.3, -0.25) is 4.79 Å². The molecule has 1 saturated heterocycles. The van der Waals surface area contributed by atoms with Crippen LogP contribution < -0.4 is 16.3 Å². The maximum atomic E-state index is 13.2. The molecule has 1 aliphatic heterocycles. The molecule has 0 spiro atoms. The van der Waals surface area contributed by atoms with Gasteiger partial charge in [0.1, 0.15) is 12.4 Å². The van der Waals surface area contributed by atoms with Crippen LogP contribution in [0.4, 0.5) is 0 Å². The number of carbonyl (C=O) groups is 1. The Morgan fingerprint density at radius 1 is 1.12 bits per heavy atom. The zero-order chi connectivity index (χ0) is 23.4. The van der Waals surface area contributed by atoms with Crippen LogP contribution in [0.2, 0.25) is 0 Å². The molecule has 1 heterocycles. The minimum absolute atomic E-state index is 0.102. The molecule has 0 bridgehead atoms. The van der Waals surface area contributed by atoms with Crippen molar-refractivity contribution in [2.45, 2.75) is 74.6 Å². The number of nitrogens with two attached hydrogens (primary N) is 2. The summed E-state index contributed by atoms with van der Waals surface area (Å²) in [5, 5.41) is 3.63. The van der Waals surface area contributed by atoms with E-state index in [4.69, 9.17) is 11.6 Å². The Kier molecular flexibility index (Phi) is 7.58. The lowest BCUT2D eigenvalue weighted by atomic mass is 9.82. The Hall–Kier alpha value is -2.13. The maximum Gasteiger partial charge on any atom is 0.241 e. The third-order valence-electron chi connectivity index (χ3n) is 7.65. The fourth-order valence-electron chi connectivity index (χ4n) is 5.77. The number of nitrogens with zero attached hydrogens (tertiary/aromatic N) is 2. The summed E-state index contributed by atoms with van der Waals surface area (Å²) in [6.07, 6.45) is 11.3. The Bertz CT molecular complexity index is 939. The molecule has 5 N–H and O–H groups in total. The van der Waals surface area contributed by atoms with Gasteiger partial charge in [0.2, 0.25) is 15.9 Å². The molecule has 2 saturated carbocycles. The number of benzene rings is 1. The molecule has 3 aliphatic rings. The van der Waals surface area contributed by atoms with E-state index in [-0.39, 0.29) is 10.8 Å². The lowest BCUT2D eigenvalue weighted by Gasteiger charge is -2.35. The Labute approximate surface area is 197 Å². The van der Waals surface area contributed by atoms with E-state index in [1.807, 2.05) is 12.1 Å². The van der Waals surface area contributed by atoms with Gasteiger partial charge in [0, 0.05) is 13.1 Å². The molecule has 3 fully saturated rings. The van der Waals surface area contributed by atoms with Gasteiger partial charge in [-0.15, -0.1) is 0 Å². The smallest absolute Gasteiger partial charge is 0.241 e. The summed E-state index contributed by atoms with van der Waals surface area (Å²) in [6.45, 7) is 1.72. The molecule has 1 aromatic carbocycles. The average molecular weight is 476 g/mol. The molecule has 4 rings (SSSR count). The summed E-state index contributed by atoms with van der Waals surface area (Å²) >= 11 is 0. The van der Waals surface area contributed by atoms with Crippen LogP contribution in [0.25, 0.3) is 0 Å². The van der Waals surface area contributed by atoms with Gasteiger partial charge < -0.3 is 16.5 Å². The summed E-state index contributed by atoms with van der Waals surface area (Å²) < 4.78 is 29.1. The number of sulfonamides is 1. The molecule has 0 radical (unpaired) electrons. The van der Waals surface area contributed by atoms with E-state index in [0.29, 0.717) is 17.8 Å². The highest BCUT2D eigenvalue weighted by molar-refractivity contribution is 7.89. The van der Waals surface area contributed by atoms with Crippen molar-refractivity contribution in [2.75, 3.05) is 13.1 Å². The number of primary amides is 1. The predicted molar refractivity (Wildman–Crippen MR) is 129 cm³/mol. The number of hydrazone groups is 1. The number of amides is 1. The van der Waals surface area contributed by atoms with E-state index in [0.717, 1.165) is 58.0 Å². The van der Waals surface area contributed by atoms with E-state index in [1.54, 1.807) is 18.5 Å². The highest BCUT2D eigenvalue weighted by Gasteiger charge is 2.42. The summed E-state index contributed by atoms with van der Waals surface area (Å²) in [5.74, 6) is 5.80. The van der Waals surface area contributed by atoms with E-state index in [2.05, 4.69) is 14.7 Å². The highest BCUT2D eigenvalue weighted by Crippen LogP contribution is 2.43. The van der Waals surface area contributed by atoms with Crippen molar-refractivity contribution in [2.24, 2.45) is 34.4 Å². The first-order chi connectivity index (χ1) is 15.9. The van der Waals surface area contributed by atoms with Gasteiger partial charge in [-0.2, -0.15) is 9.82 Å². The summed E-state index contributed by atoms with van der Waals surface area (Å²) in [4.78, 5) is 14.7. The van der Waals surface area contributed by atoms with Crippen molar-refractivity contribution in [3.05, 3.63) is 29.8 Å². The molecular weight excluding hydrogens is 438 g/mol. The third-order valence-corrected chi connectivity index (χ3v) is 9.10. The SMILES string of the molecule is NN=CN1CCCC(C[C@@H](C2CC2)[C@H](NS(=O)(=O)c2ccc(C3CCCC3)cc2)C(N)=O)C1. The first kappa shape index (κ1) is 24.0. The first-order valence-electron chi connectivity index (χ1n) is 12.3. The lowest BCUT2D eigenvalue weighted by Crippen LogP contribution is -2.50. The molecule has 1 unspecified atom stereocenters. The average Bonchev–Trinajstić information content (AvgIpc) is 3.49. The first-order valence-corrected chi connectivity index (χ1v) is 13.7. The molecule has 33 heavy (non-hydrogen) atoms. The standard InChI is InChI=1S/C24H37N5O3S/c25-24(30)23(22(20-7-8-20)14-17-4-3-13-29(15-17)16-27-26)28-33(31,32)21-11-9-19(10-12-21)18-5-1-2-6-18/h9-12,16-18,20,22-23,28H,1-8,13-15,26H2,(H2,25,30)/t17?,22-,23-/m0/s1. The minimum Gasteiger partial charge on any atom is -0.368 e. The van der Waals surface area contributed by atoms with Crippen molar-refractivity contribution in [1.82, 2.24) is 9.62 Å². The van der Waals surface area contributed by atoms with Gasteiger partial charge in [-0.1, -0.05) is 25.0 Å². The number of hydrogen-bond acceptors (Lipinski definition) is 5. The molecule has 182 valence electrons. The Morgan fingerprint density at radius 2 is 1.82 bits per heavy atom. The van der Waals surface area contributed by atoms with Crippen molar-refractivity contribution in [3.63, 3.8) is 0 Å². The van der Waals surface area contributed by atoms with Gasteiger partial charge in [0.15, 0.2) is 0 Å². The fraction of sp³-hybridized carbons (Fsp3) is 0.667. The van der Waals surface area contributed by atoms with Crippen LogP contribution in [-0.4, -0.2) is 44.7 Å². The van der Waals surface area contributed by atoms with E-state index >= 15 is 0 Å². The van der Waals surface area contributed by atoms with Gasteiger partial charge in [0.25, 0.3) is 0 Å². The number of hydrogen-bond donors (Lipinski definition) is 3. The van der Waals surface area contributed by atoms with E-state index in [9.17, 15) is 13.2 Å². The lowest BCUT2D eigenvalue weighted by molar-refractivity contribution is -0.121. The van der Waals surface area contributed by atoms with E-state index < -0.39 is 22.0 Å². The summed E-state index contributed by atoms with van der Waals surface area (Å²) in [6, 6.07) is 6.24. The topological polar surface area (TPSA) is 131 Å². The molecule has 1 amide bonds. The van der Waals surface area contributed by atoms with Crippen molar-refractivity contribution in [3.8, 4) is 0 Å². The van der Waals surface area contributed by atoms with Gasteiger partial charge in [-0.25, -0.2) is 8.42 Å². The van der Waals surface area contributed by atoms with Crippen LogP contribution in [0, 0.1) is 17.8 Å². The molecule has 2 aliphatic carbocycles. The van der Waals surface area contributed by atoms with E-state index in [1.165, 1.54) is 18.4 Å². The Balaban J connectivity index is 1.47.